The highest BCUT2D eigenvalue weighted by Gasteiger charge is 2.33. The maximum Gasteiger partial charge on any atom is 0.270 e. The predicted octanol–water partition coefficient (Wildman–Crippen LogP) is 1.04. The van der Waals surface area contributed by atoms with Crippen LogP contribution in [0.2, 0.25) is 0 Å². The zero-order valence-corrected chi connectivity index (χ0v) is 11.1. The summed E-state index contributed by atoms with van der Waals surface area (Å²) in [6.45, 7) is 5.29. The van der Waals surface area contributed by atoms with E-state index in [4.69, 9.17) is 0 Å². The zero-order valence-electron chi connectivity index (χ0n) is 11.1. The number of alkyl halides is 1. The van der Waals surface area contributed by atoms with Crippen molar-refractivity contribution in [1.29, 1.82) is 0 Å². The first-order chi connectivity index (χ1) is 9.06. The Bertz CT molecular complexity index is 526. The predicted molar refractivity (Wildman–Crippen MR) is 69.3 cm³/mol. The van der Waals surface area contributed by atoms with Crippen LogP contribution in [0.4, 0.5) is 10.2 Å². The zero-order chi connectivity index (χ0) is 13.6. The van der Waals surface area contributed by atoms with Gasteiger partial charge in [0.15, 0.2) is 0 Å². The molecule has 0 spiro atoms. The molecule has 2 aliphatic heterocycles. The Hall–Kier alpha value is -1.72. The molecule has 0 saturated carbocycles. The van der Waals surface area contributed by atoms with Crippen LogP contribution in [0.1, 0.15) is 41.6 Å². The molecule has 2 aliphatic rings. The van der Waals surface area contributed by atoms with E-state index in [0.29, 0.717) is 37.6 Å². The number of rotatable bonds is 2. The van der Waals surface area contributed by atoms with Crippen LogP contribution in [-0.4, -0.2) is 41.7 Å². The van der Waals surface area contributed by atoms with E-state index < -0.39 is 6.17 Å². The highest BCUT2D eigenvalue weighted by molar-refractivity contribution is 5.96. The van der Waals surface area contributed by atoms with Crippen LogP contribution in [-0.2, 0) is 6.42 Å². The Kier molecular flexibility index (Phi) is 2.88. The first-order valence-corrected chi connectivity index (χ1v) is 6.64. The first-order valence-electron chi connectivity index (χ1n) is 6.64. The number of halogens is 1. The fourth-order valence-corrected chi connectivity index (χ4v) is 2.41. The second kappa shape index (κ2) is 4.43. The molecule has 3 rings (SSSR count). The normalized spacial score (nSPS) is 19.2. The Labute approximate surface area is 111 Å². The van der Waals surface area contributed by atoms with E-state index in [2.05, 4.69) is 15.3 Å². The third-order valence-electron chi connectivity index (χ3n) is 3.53. The molecule has 0 radical (unpaired) electrons. The number of fused-ring (bicyclic) bond motifs is 1. The molecule has 1 saturated heterocycles. The van der Waals surface area contributed by atoms with Crippen molar-refractivity contribution in [2.75, 3.05) is 24.5 Å². The van der Waals surface area contributed by atoms with Crippen molar-refractivity contribution in [3.05, 3.63) is 17.1 Å². The maximum absolute atomic E-state index is 13.1. The van der Waals surface area contributed by atoms with E-state index in [1.165, 1.54) is 0 Å². The van der Waals surface area contributed by atoms with Gasteiger partial charge in [-0.05, 0) is 6.42 Å². The van der Waals surface area contributed by atoms with Gasteiger partial charge in [0.2, 0.25) is 0 Å². The third-order valence-corrected chi connectivity index (χ3v) is 3.53. The largest absolute Gasteiger partial charge is 0.350 e. The molecule has 0 bridgehead atoms. The van der Waals surface area contributed by atoms with Gasteiger partial charge in [-0.1, -0.05) is 13.8 Å². The lowest BCUT2D eigenvalue weighted by atomic mass is 10.0. The Balaban J connectivity index is 2.08. The van der Waals surface area contributed by atoms with Gasteiger partial charge in [0, 0.05) is 18.0 Å². The second-order valence-corrected chi connectivity index (χ2v) is 5.40. The molecule has 102 valence electrons. The molecule has 1 aromatic rings. The van der Waals surface area contributed by atoms with E-state index in [9.17, 15) is 9.18 Å². The lowest BCUT2D eigenvalue weighted by molar-refractivity contribution is 0.0940. The SMILES string of the molecule is CC(C)c1nc2c(c(N3CC(F)C3)n1)CCNC2=O. The van der Waals surface area contributed by atoms with Crippen LogP contribution < -0.4 is 10.2 Å². The summed E-state index contributed by atoms with van der Waals surface area (Å²) >= 11 is 0. The second-order valence-electron chi connectivity index (χ2n) is 5.40. The maximum atomic E-state index is 13.1. The van der Waals surface area contributed by atoms with Crippen molar-refractivity contribution in [2.24, 2.45) is 0 Å². The Morgan fingerprint density at radius 2 is 2.11 bits per heavy atom. The molecule has 0 aromatic carbocycles. The molecule has 1 N–H and O–H groups in total. The lowest BCUT2D eigenvalue weighted by Crippen LogP contribution is -2.50. The molecule has 0 atom stereocenters. The van der Waals surface area contributed by atoms with Crippen molar-refractivity contribution in [3.8, 4) is 0 Å². The minimum absolute atomic E-state index is 0.140. The van der Waals surface area contributed by atoms with Crippen molar-refractivity contribution in [2.45, 2.75) is 32.4 Å². The highest BCUT2D eigenvalue weighted by Crippen LogP contribution is 2.29. The van der Waals surface area contributed by atoms with E-state index in [1.54, 1.807) is 0 Å². The molecule has 1 aromatic heterocycles. The first kappa shape index (κ1) is 12.3. The summed E-state index contributed by atoms with van der Waals surface area (Å²) in [7, 11) is 0. The van der Waals surface area contributed by atoms with Gasteiger partial charge in [-0.25, -0.2) is 14.4 Å². The van der Waals surface area contributed by atoms with Crippen LogP contribution >= 0.6 is 0 Å². The molecule has 1 amide bonds. The number of amides is 1. The van der Waals surface area contributed by atoms with E-state index in [0.717, 1.165) is 11.4 Å². The molecule has 0 aliphatic carbocycles. The number of nitrogens with one attached hydrogen (secondary N) is 1. The quantitative estimate of drug-likeness (QED) is 0.867. The number of hydrogen-bond acceptors (Lipinski definition) is 4. The van der Waals surface area contributed by atoms with Crippen LogP contribution in [0.25, 0.3) is 0 Å². The monoisotopic (exact) mass is 264 g/mol. The molecular formula is C13H17FN4O. The molecule has 1 fully saturated rings. The van der Waals surface area contributed by atoms with Crippen LogP contribution in [0.15, 0.2) is 0 Å². The average molecular weight is 264 g/mol. The fourth-order valence-electron chi connectivity index (χ4n) is 2.41. The van der Waals surface area contributed by atoms with Gasteiger partial charge >= 0.3 is 0 Å². The standard InChI is InChI=1S/C13H17FN4O/c1-7(2)11-16-10-9(3-4-15-13(10)19)12(17-11)18-5-8(14)6-18/h7-8H,3-6H2,1-2H3,(H,15,19). The number of aromatic nitrogens is 2. The molecular weight excluding hydrogens is 247 g/mol. The van der Waals surface area contributed by atoms with Crippen LogP contribution in [0.3, 0.4) is 0 Å². The lowest BCUT2D eigenvalue weighted by Gasteiger charge is -2.37. The van der Waals surface area contributed by atoms with Gasteiger partial charge in [-0.2, -0.15) is 0 Å². The summed E-state index contributed by atoms with van der Waals surface area (Å²) in [5.74, 6) is 1.39. The topological polar surface area (TPSA) is 58.1 Å². The summed E-state index contributed by atoms with van der Waals surface area (Å²) in [5.41, 5.74) is 1.32. The van der Waals surface area contributed by atoms with Gasteiger partial charge in [0.1, 0.15) is 23.5 Å². The van der Waals surface area contributed by atoms with E-state index in [1.807, 2.05) is 18.7 Å². The Morgan fingerprint density at radius 1 is 1.37 bits per heavy atom. The molecule has 5 nitrogen and oxygen atoms in total. The minimum Gasteiger partial charge on any atom is -0.350 e. The van der Waals surface area contributed by atoms with Crippen molar-refractivity contribution >= 4 is 11.7 Å². The van der Waals surface area contributed by atoms with Crippen molar-refractivity contribution in [1.82, 2.24) is 15.3 Å². The van der Waals surface area contributed by atoms with Crippen molar-refractivity contribution < 1.29 is 9.18 Å². The molecule has 6 heteroatoms. The van der Waals surface area contributed by atoms with E-state index in [-0.39, 0.29) is 11.8 Å². The molecule has 19 heavy (non-hydrogen) atoms. The minimum atomic E-state index is -0.787. The summed E-state index contributed by atoms with van der Waals surface area (Å²) in [6, 6.07) is 0. The number of anilines is 1. The smallest absolute Gasteiger partial charge is 0.270 e. The summed E-state index contributed by atoms with van der Waals surface area (Å²) < 4.78 is 13.1. The van der Waals surface area contributed by atoms with Gasteiger partial charge in [-0.15, -0.1) is 0 Å². The van der Waals surface area contributed by atoms with Gasteiger partial charge in [0.25, 0.3) is 5.91 Å². The average Bonchev–Trinajstić information content (AvgIpc) is 2.34. The van der Waals surface area contributed by atoms with Gasteiger partial charge < -0.3 is 10.2 Å². The molecule has 3 heterocycles. The summed E-state index contributed by atoms with van der Waals surface area (Å²) in [4.78, 5) is 22.7. The Morgan fingerprint density at radius 3 is 2.74 bits per heavy atom. The van der Waals surface area contributed by atoms with Gasteiger partial charge in [-0.3, -0.25) is 4.79 Å². The van der Waals surface area contributed by atoms with Crippen LogP contribution in [0.5, 0.6) is 0 Å². The number of hydrogen-bond donors (Lipinski definition) is 1. The van der Waals surface area contributed by atoms with E-state index >= 15 is 0 Å². The number of carbonyl (C=O) groups is 1. The third kappa shape index (κ3) is 2.05. The summed E-state index contributed by atoms with van der Waals surface area (Å²) in [5, 5.41) is 2.79. The number of nitrogens with zero attached hydrogens (tertiary/aromatic N) is 3. The summed E-state index contributed by atoms with van der Waals surface area (Å²) in [6.07, 6.45) is -0.0760. The fraction of sp³-hybridized carbons (Fsp3) is 0.615. The molecule has 0 unspecified atom stereocenters. The van der Waals surface area contributed by atoms with Gasteiger partial charge in [0.05, 0.1) is 13.1 Å². The van der Waals surface area contributed by atoms with Crippen LogP contribution in [0, 0.1) is 0 Å². The van der Waals surface area contributed by atoms with Crippen molar-refractivity contribution in [3.63, 3.8) is 0 Å². The highest BCUT2D eigenvalue weighted by atomic mass is 19.1. The number of carbonyl (C=O) groups excluding carboxylic acids is 1.